The highest BCUT2D eigenvalue weighted by Crippen LogP contribution is 2.08. The number of aromatic nitrogens is 1. The summed E-state index contributed by atoms with van der Waals surface area (Å²) in [6.07, 6.45) is 2.11. The minimum absolute atomic E-state index is 0.144. The molecule has 1 aromatic heterocycles. The van der Waals surface area contributed by atoms with Crippen LogP contribution in [0.4, 0.5) is 0 Å². The van der Waals surface area contributed by atoms with Crippen LogP contribution in [0.5, 0.6) is 0 Å². The van der Waals surface area contributed by atoms with E-state index in [-0.39, 0.29) is 12.5 Å². The number of rotatable bonds is 4. The fraction of sp³-hybridized carbons (Fsp3) is 0.571. The Kier molecular flexibility index (Phi) is 4.87. The fourth-order valence-electron chi connectivity index (χ4n) is 2.32. The molecule has 0 aliphatic carbocycles. The number of hydrogen-bond donors (Lipinski definition) is 1. The molecule has 0 atom stereocenters. The maximum atomic E-state index is 12.2. The third-order valence-corrected chi connectivity index (χ3v) is 3.58. The van der Waals surface area contributed by atoms with Gasteiger partial charge in [0.25, 0.3) is 0 Å². The summed E-state index contributed by atoms with van der Waals surface area (Å²) in [5.74, 6) is 0.144. The van der Waals surface area contributed by atoms with E-state index in [1.165, 1.54) is 0 Å². The zero-order chi connectivity index (χ0) is 13.7. The maximum Gasteiger partial charge on any atom is 0.228 e. The first-order valence-corrected chi connectivity index (χ1v) is 6.72. The van der Waals surface area contributed by atoms with E-state index in [1.807, 2.05) is 24.0 Å². The third kappa shape index (κ3) is 3.75. The third-order valence-electron chi connectivity index (χ3n) is 3.58. The molecule has 5 nitrogen and oxygen atoms in total. The van der Waals surface area contributed by atoms with Gasteiger partial charge in [-0.1, -0.05) is 6.07 Å². The molecule has 0 bridgehead atoms. The van der Waals surface area contributed by atoms with E-state index in [2.05, 4.69) is 9.88 Å². The molecule has 1 aliphatic rings. The fourth-order valence-corrected chi connectivity index (χ4v) is 2.32. The van der Waals surface area contributed by atoms with Crippen LogP contribution in [0.1, 0.15) is 11.3 Å². The van der Waals surface area contributed by atoms with Gasteiger partial charge in [0, 0.05) is 38.9 Å². The SMILES string of the molecule is Cc1cccnc1CC(=O)N1CCN(CCO)CC1. The lowest BCUT2D eigenvalue weighted by Gasteiger charge is -2.34. The highest BCUT2D eigenvalue weighted by Gasteiger charge is 2.21. The molecule has 2 rings (SSSR count). The average Bonchev–Trinajstić information content (AvgIpc) is 2.42. The van der Waals surface area contributed by atoms with Gasteiger partial charge in [-0.3, -0.25) is 14.7 Å². The predicted molar refractivity (Wildman–Crippen MR) is 72.8 cm³/mol. The maximum absolute atomic E-state index is 12.2. The molecule has 1 saturated heterocycles. The van der Waals surface area contributed by atoms with Crippen molar-refractivity contribution in [1.29, 1.82) is 0 Å². The van der Waals surface area contributed by atoms with Crippen molar-refractivity contribution in [1.82, 2.24) is 14.8 Å². The summed E-state index contributed by atoms with van der Waals surface area (Å²) < 4.78 is 0. The standard InChI is InChI=1S/C14H21N3O2/c1-12-3-2-4-15-13(12)11-14(19)17-7-5-16(6-8-17)9-10-18/h2-4,18H,5-11H2,1H3. The highest BCUT2D eigenvalue weighted by atomic mass is 16.3. The Balaban J connectivity index is 1.87. The van der Waals surface area contributed by atoms with E-state index in [1.54, 1.807) is 6.20 Å². The van der Waals surface area contributed by atoms with Crippen molar-refractivity contribution in [3.63, 3.8) is 0 Å². The molecular weight excluding hydrogens is 242 g/mol. The largest absolute Gasteiger partial charge is 0.395 e. The lowest BCUT2D eigenvalue weighted by molar-refractivity contribution is -0.132. The van der Waals surface area contributed by atoms with E-state index in [0.717, 1.165) is 37.4 Å². The Morgan fingerprint density at radius 2 is 2.11 bits per heavy atom. The van der Waals surface area contributed by atoms with Gasteiger partial charge in [-0.25, -0.2) is 0 Å². The predicted octanol–water partition coefficient (Wildman–Crippen LogP) is 0.0690. The molecule has 104 valence electrons. The minimum Gasteiger partial charge on any atom is -0.395 e. The van der Waals surface area contributed by atoms with Gasteiger partial charge in [0.15, 0.2) is 0 Å². The summed E-state index contributed by atoms with van der Waals surface area (Å²) >= 11 is 0. The first-order valence-electron chi connectivity index (χ1n) is 6.72. The number of nitrogens with zero attached hydrogens (tertiary/aromatic N) is 3. The number of aliphatic hydroxyl groups excluding tert-OH is 1. The van der Waals surface area contributed by atoms with Crippen molar-refractivity contribution >= 4 is 5.91 Å². The smallest absolute Gasteiger partial charge is 0.228 e. The second kappa shape index (κ2) is 6.63. The number of pyridine rings is 1. The summed E-state index contributed by atoms with van der Waals surface area (Å²) in [6.45, 7) is 6.02. The van der Waals surface area contributed by atoms with Gasteiger partial charge < -0.3 is 10.0 Å². The summed E-state index contributed by atoms with van der Waals surface area (Å²) in [4.78, 5) is 20.5. The summed E-state index contributed by atoms with van der Waals surface area (Å²) in [5, 5.41) is 8.89. The zero-order valence-corrected chi connectivity index (χ0v) is 11.4. The van der Waals surface area contributed by atoms with Crippen molar-refractivity contribution in [2.75, 3.05) is 39.3 Å². The normalized spacial score (nSPS) is 16.6. The van der Waals surface area contributed by atoms with Crippen LogP contribution in [0.2, 0.25) is 0 Å². The molecule has 1 fully saturated rings. The Labute approximate surface area is 113 Å². The van der Waals surface area contributed by atoms with Gasteiger partial charge >= 0.3 is 0 Å². The molecule has 1 amide bonds. The van der Waals surface area contributed by atoms with Crippen LogP contribution in [0, 0.1) is 6.92 Å². The summed E-state index contributed by atoms with van der Waals surface area (Å²) in [5.41, 5.74) is 1.93. The lowest BCUT2D eigenvalue weighted by atomic mass is 10.1. The highest BCUT2D eigenvalue weighted by molar-refractivity contribution is 5.78. The van der Waals surface area contributed by atoms with Gasteiger partial charge in [-0.2, -0.15) is 0 Å². The second-order valence-electron chi connectivity index (χ2n) is 4.89. The topological polar surface area (TPSA) is 56.7 Å². The monoisotopic (exact) mass is 263 g/mol. The van der Waals surface area contributed by atoms with E-state index in [0.29, 0.717) is 13.0 Å². The van der Waals surface area contributed by atoms with Gasteiger partial charge in [0.05, 0.1) is 18.7 Å². The summed E-state index contributed by atoms with van der Waals surface area (Å²) in [6, 6.07) is 3.87. The lowest BCUT2D eigenvalue weighted by Crippen LogP contribution is -2.49. The molecule has 1 N–H and O–H groups in total. The molecule has 19 heavy (non-hydrogen) atoms. The van der Waals surface area contributed by atoms with E-state index >= 15 is 0 Å². The van der Waals surface area contributed by atoms with Crippen molar-refractivity contribution in [3.8, 4) is 0 Å². The number of carbonyl (C=O) groups is 1. The second-order valence-corrected chi connectivity index (χ2v) is 4.89. The molecule has 0 unspecified atom stereocenters. The Hall–Kier alpha value is -1.46. The molecule has 0 spiro atoms. The quantitative estimate of drug-likeness (QED) is 0.835. The van der Waals surface area contributed by atoms with Crippen LogP contribution >= 0.6 is 0 Å². The van der Waals surface area contributed by atoms with Gasteiger partial charge in [0.2, 0.25) is 5.91 Å². The van der Waals surface area contributed by atoms with Gasteiger partial charge in [-0.15, -0.1) is 0 Å². The van der Waals surface area contributed by atoms with Crippen LogP contribution in [0.3, 0.4) is 0 Å². The molecule has 1 aromatic rings. The van der Waals surface area contributed by atoms with Gasteiger partial charge in [-0.05, 0) is 18.6 Å². The molecule has 0 saturated carbocycles. The number of aryl methyl sites for hydroxylation is 1. The number of piperazine rings is 1. The van der Waals surface area contributed by atoms with Crippen molar-refractivity contribution in [3.05, 3.63) is 29.6 Å². The number of β-amino-alcohol motifs (C(OH)–C–C–N with tert-alkyl or cyclic N) is 1. The average molecular weight is 263 g/mol. The van der Waals surface area contributed by atoms with Crippen molar-refractivity contribution < 1.29 is 9.90 Å². The Bertz CT molecular complexity index is 428. The molecule has 0 aromatic carbocycles. The molecular formula is C14H21N3O2. The van der Waals surface area contributed by atoms with Crippen LogP contribution in [0.25, 0.3) is 0 Å². The van der Waals surface area contributed by atoms with Crippen LogP contribution in [-0.2, 0) is 11.2 Å². The van der Waals surface area contributed by atoms with Crippen LogP contribution in [-0.4, -0.2) is 65.1 Å². The number of amides is 1. The van der Waals surface area contributed by atoms with Crippen LogP contribution < -0.4 is 0 Å². The molecule has 5 heteroatoms. The van der Waals surface area contributed by atoms with E-state index in [4.69, 9.17) is 5.11 Å². The zero-order valence-electron chi connectivity index (χ0n) is 11.4. The van der Waals surface area contributed by atoms with E-state index < -0.39 is 0 Å². The molecule has 0 radical (unpaired) electrons. The van der Waals surface area contributed by atoms with Crippen molar-refractivity contribution in [2.45, 2.75) is 13.3 Å². The Morgan fingerprint density at radius 1 is 1.37 bits per heavy atom. The number of aliphatic hydroxyl groups is 1. The van der Waals surface area contributed by atoms with Crippen molar-refractivity contribution in [2.24, 2.45) is 0 Å². The van der Waals surface area contributed by atoms with Crippen LogP contribution in [0.15, 0.2) is 18.3 Å². The first kappa shape index (κ1) is 14.0. The minimum atomic E-state index is 0.144. The number of carbonyl (C=O) groups excluding carboxylic acids is 1. The van der Waals surface area contributed by atoms with Gasteiger partial charge in [0.1, 0.15) is 0 Å². The molecule has 1 aliphatic heterocycles. The first-order chi connectivity index (χ1) is 9.20. The molecule has 2 heterocycles. The summed E-state index contributed by atoms with van der Waals surface area (Å²) in [7, 11) is 0. The number of hydrogen-bond acceptors (Lipinski definition) is 4. The van der Waals surface area contributed by atoms with E-state index in [9.17, 15) is 4.79 Å². The Morgan fingerprint density at radius 3 is 2.74 bits per heavy atom.